The molecule has 0 aliphatic carbocycles. The number of aromatic nitrogens is 3. The fraction of sp³-hybridized carbons (Fsp3) is 0.0800. The number of carboxylic acids is 1. The number of pyridine rings is 1. The molecule has 5 aromatic rings. The van der Waals surface area contributed by atoms with E-state index in [4.69, 9.17) is 20.1 Å². The van der Waals surface area contributed by atoms with Crippen LogP contribution in [0.5, 0.6) is 0 Å². The molecule has 14 heteroatoms. The van der Waals surface area contributed by atoms with Crippen LogP contribution in [-0.2, 0) is 9.59 Å². The Kier molecular flexibility index (Phi) is 7.54. The normalized spacial score (nSPS) is 11.2. The summed E-state index contributed by atoms with van der Waals surface area (Å²) in [6.45, 7) is 0. The van der Waals surface area contributed by atoms with E-state index in [1.807, 2.05) is 12.1 Å². The average Bonchev–Trinajstić information content (AvgIpc) is 3.28. The van der Waals surface area contributed by atoms with E-state index in [-0.39, 0.29) is 17.9 Å². The van der Waals surface area contributed by atoms with Crippen molar-refractivity contribution in [1.82, 2.24) is 15.0 Å². The van der Waals surface area contributed by atoms with E-state index in [9.17, 15) is 27.2 Å². The van der Waals surface area contributed by atoms with Crippen LogP contribution in [0.25, 0.3) is 32.6 Å². The van der Waals surface area contributed by atoms with Crippen molar-refractivity contribution in [3.05, 3.63) is 70.9 Å². The third-order valence-corrected chi connectivity index (χ3v) is 6.11. The second kappa shape index (κ2) is 10.8. The number of halogens is 4. The van der Waals surface area contributed by atoms with E-state index in [1.165, 1.54) is 23.9 Å². The number of benzene rings is 3. The van der Waals surface area contributed by atoms with Gasteiger partial charge in [-0.1, -0.05) is 17.8 Å². The Morgan fingerprint density at radius 3 is 2.54 bits per heavy atom. The minimum absolute atomic E-state index is 0.221. The Morgan fingerprint density at radius 1 is 1.10 bits per heavy atom. The summed E-state index contributed by atoms with van der Waals surface area (Å²) in [5.41, 5.74) is 1.60. The van der Waals surface area contributed by atoms with Crippen molar-refractivity contribution in [2.75, 3.05) is 5.32 Å². The molecule has 0 bridgehead atoms. The number of H-pyrrole nitrogens is 2. The van der Waals surface area contributed by atoms with Gasteiger partial charge in [-0.25, -0.2) is 14.2 Å². The zero-order valence-corrected chi connectivity index (χ0v) is 20.2. The summed E-state index contributed by atoms with van der Waals surface area (Å²) in [6.07, 6.45) is -3.75. The van der Waals surface area contributed by atoms with Crippen molar-refractivity contribution in [3.8, 4) is 6.07 Å². The van der Waals surface area contributed by atoms with E-state index in [0.717, 1.165) is 4.90 Å². The predicted molar refractivity (Wildman–Crippen MR) is 135 cm³/mol. The highest BCUT2D eigenvalue weighted by Crippen LogP contribution is 2.36. The number of anilines is 1. The maximum atomic E-state index is 14.0. The number of nitriles is 1. The molecule has 0 spiro atoms. The van der Waals surface area contributed by atoms with Gasteiger partial charge in [-0.3, -0.25) is 9.59 Å². The molecule has 4 N–H and O–H groups in total. The van der Waals surface area contributed by atoms with Crippen LogP contribution in [0.2, 0.25) is 0 Å². The Labute approximate surface area is 219 Å². The smallest absolute Gasteiger partial charge is 0.475 e. The summed E-state index contributed by atoms with van der Waals surface area (Å²) in [4.78, 5) is 44.6. The molecular formula is C25H15F4N5O4S. The van der Waals surface area contributed by atoms with Gasteiger partial charge in [0, 0.05) is 32.9 Å². The van der Waals surface area contributed by atoms with E-state index in [2.05, 4.69) is 15.3 Å². The van der Waals surface area contributed by atoms with Crippen molar-refractivity contribution in [1.29, 1.82) is 5.26 Å². The maximum absolute atomic E-state index is 14.0. The Bertz CT molecular complexity index is 1840. The number of amides is 1. The van der Waals surface area contributed by atoms with Gasteiger partial charge < -0.3 is 20.4 Å². The lowest BCUT2D eigenvalue weighted by atomic mass is 10.0. The monoisotopic (exact) mass is 557 g/mol. The molecule has 0 aliphatic heterocycles. The summed E-state index contributed by atoms with van der Waals surface area (Å²) < 4.78 is 45.7. The summed E-state index contributed by atoms with van der Waals surface area (Å²) in [5, 5.41) is 21.3. The van der Waals surface area contributed by atoms with Gasteiger partial charge in [-0.2, -0.15) is 18.4 Å². The number of aliphatic carboxylic acids is 1. The minimum Gasteiger partial charge on any atom is -0.475 e. The quantitative estimate of drug-likeness (QED) is 0.172. The first-order chi connectivity index (χ1) is 18.5. The van der Waals surface area contributed by atoms with Crippen molar-refractivity contribution >= 4 is 61.9 Å². The number of carbonyl (C=O) groups is 2. The summed E-state index contributed by atoms with van der Waals surface area (Å²) >= 11 is 1.35. The van der Waals surface area contributed by atoms with Gasteiger partial charge in [0.25, 0.3) is 5.56 Å². The number of aromatic amines is 2. The Balaban J connectivity index is 0.000000448. The molecule has 0 aliphatic rings. The van der Waals surface area contributed by atoms with Crippen molar-refractivity contribution in [2.45, 2.75) is 22.6 Å². The SMILES string of the molecule is N#CCC(=O)Nc1cccc(Sc2nc3c4ccc(F)cc4c4c(=O)[nH]ccc4c3[nH]2)c1.O=C(O)C(F)(F)F. The summed E-state index contributed by atoms with van der Waals surface area (Å²) in [6, 6.07) is 15.1. The van der Waals surface area contributed by atoms with Gasteiger partial charge in [-0.15, -0.1) is 0 Å². The van der Waals surface area contributed by atoms with Crippen LogP contribution < -0.4 is 10.9 Å². The van der Waals surface area contributed by atoms with Crippen LogP contribution in [-0.4, -0.2) is 38.1 Å². The molecule has 2 aromatic heterocycles. The predicted octanol–water partition coefficient (Wildman–Crippen LogP) is 5.33. The molecule has 9 nitrogen and oxygen atoms in total. The number of rotatable bonds is 4. The van der Waals surface area contributed by atoms with Gasteiger partial charge in [0.2, 0.25) is 5.91 Å². The standard InChI is InChI=1S/C23H14FN5O2S.C2HF3O2/c24-12-4-5-15-17(10-12)19-16(7-9-26-22(19)31)21-20(15)28-23(29-21)32-14-3-1-2-13(11-14)27-18(30)6-8-25;3-2(4,5)1(6)7/h1-5,7,9-11H,6H2,(H,26,31)(H,27,30)(H,28,29);(H,6,7). The minimum atomic E-state index is -5.08. The van der Waals surface area contributed by atoms with Crippen molar-refractivity contribution < 1.29 is 32.3 Å². The summed E-state index contributed by atoms with van der Waals surface area (Å²) in [7, 11) is 0. The van der Waals surface area contributed by atoms with Crippen LogP contribution >= 0.6 is 11.8 Å². The zero-order valence-electron chi connectivity index (χ0n) is 19.4. The lowest BCUT2D eigenvalue weighted by Gasteiger charge is -2.05. The first kappa shape index (κ1) is 27.1. The highest BCUT2D eigenvalue weighted by molar-refractivity contribution is 7.99. The molecule has 0 radical (unpaired) electrons. The molecule has 5 rings (SSSR count). The number of nitrogens with one attached hydrogen (secondary N) is 3. The van der Waals surface area contributed by atoms with Crippen molar-refractivity contribution in [3.63, 3.8) is 0 Å². The number of nitrogens with zero attached hydrogens (tertiary/aromatic N) is 2. The van der Waals surface area contributed by atoms with E-state index in [0.29, 0.717) is 43.4 Å². The van der Waals surface area contributed by atoms with Gasteiger partial charge in [0.05, 0.1) is 22.5 Å². The molecule has 0 atom stereocenters. The molecule has 198 valence electrons. The van der Waals surface area contributed by atoms with Crippen LogP contribution in [0.1, 0.15) is 6.42 Å². The maximum Gasteiger partial charge on any atom is 0.490 e. The number of hydrogen-bond acceptors (Lipinski definition) is 6. The zero-order chi connectivity index (χ0) is 28.3. The fourth-order valence-electron chi connectivity index (χ4n) is 3.70. The highest BCUT2D eigenvalue weighted by atomic mass is 32.2. The Hall–Kier alpha value is -4.90. The van der Waals surface area contributed by atoms with E-state index in [1.54, 1.807) is 36.5 Å². The summed E-state index contributed by atoms with van der Waals surface area (Å²) in [5.74, 6) is -3.57. The second-order valence-electron chi connectivity index (χ2n) is 7.87. The molecule has 3 aromatic carbocycles. The molecule has 0 saturated carbocycles. The number of alkyl halides is 3. The number of imidazole rings is 1. The van der Waals surface area contributed by atoms with Gasteiger partial charge >= 0.3 is 12.1 Å². The molecule has 0 unspecified atom stereocenters. The lowest BCUT2D eigenvalue weighted by Crippen LogP contribution is -2.21. The molecule has 1 amide bonds. The molecule has 2 heterocycles. The topological polar surface area (TPSA) is 152 Å². The number of hydrogen-bond donors (Lipinski definition) is 4. The number of carboxylic acid groups (broad SMARTS) is 1. The van der Waals surface area contributed by atoms with Gasteiger partial charge in [-0.05, 0) is 42.5 Å². The first-order valence-corrected chi connectivity index (χ1v) is 11.7. The third kappa shape index (κ3) is 5.99. The van der Waals surface area contributed by atoms with Crippen LogP contribution in [0.4, 0.5) is 23.2 Å². The third-order valence-electron chi connectivity index (χ3n) is 5.23. The molecule has 39 heavy (non-hydrogen) atoms. The van der Waals surface area contributed by atoms with Crippen LogP contribution in [0.3, 0.4) is 0 Å². The first-order valence-electron chi connectivity index (χ1n) is 10.8. The molecular weight excluding hydrogens is 542 g/mol. The van der Waals surface area contributed by atoms with E-state index < -0.39 is 18.0 Å². The highest BCUT2D eigenvalue weighted by Gasteiger charge is 2.38. The second-order valence-corrected chi connectivity index (χ2v) is 8.93. The number of fused-ring (bicyclic) bond motifs is 6. The van der Waals surface area contributed by atoms with Gasteiger partial charge in [0.15, 0.2) is 5.16 Å². The molecule has 0 fully saturated rings. The van der Waals surface area contributed by atoms with E-state index >= 15 is 0 Å². The Morgan fingerprint density at radius 2 is 1.85 bits per heavy atom. The number of carbonyl (C=O) groups excluding carboxylic acids is 1. The van der Waals surface area contributed by atoms with Gasteiger partial charge in [0.1, 0.15) is 12.2 Å². The van der Waals surface area contributed by atoms with Crippen LogP contribution in [0, 0.1) is 17.1 Å². The van der Waals surface area contributed by atoms with Crippen molar-refractivity contribution in [2.24, 2.45) is 0 Å². The fourth-order valence-corrected chi connectivity index (χ4v) is 4.55. The lowest BCUT2D eigenvalue weighted by molar-refractivity contribution is -0.192. The largest absolute Gasteiger partial charge is 0.490 e. The average molecular weight is 557 g/mol. The molecule has 0 saturated heterocycles. The van der Waals surface area contributed by atoms with Crippen LogP contribution in [0.15, 0.2) is 69.6 Å².